The van der Waals surface area contributed by atoms with Crippen LogP contribution in [0.25, 0.3) is 0 Å². The molecule has 6 nitrogen and oxygen atoms in total. The molecule has 38 heavy (non-hydrogen) atoms. The molecule has 0 saturated carbocycles. The maximum atomic E-state index is 12.1. The van der Waals surface area contributed by atoms with Crippen molar-refractivity contribution in [3.05, 3.63) is 59.7 Å². The smallest absolute Gasteiger partial charge is 0.310 e. The minimum absolute atomic E-state index is 0.0518. The summed E-state index contributed by atoms with van der Waals surface area (Å²) in [5.74, 6) is -2.09. The molecule has 0 radical (unpaired) electrons. The van der Waals surface area contributed by atoms with Crippen molar-refractivity contribution in [3.63, 3.8) is 0 Å². The van der Waals surface area contributed by atoms with Crippen LogP contribution in [-0.4, -0.2) is 38.8 Å². The van der Waals surface area contributed by atoms with Crippen molar-refractivity contribution < 1.29 is 28.7 Å². The van der Waals surface area contributed by atoms with Gasteiger partial charge in [-0.2, -0.15) is 0 Å². The summed E-state index contributed by atoms with van der Waals surface area (Å²) in [5.41, 5.74) is 1.28. The van der Waals surface area contributed by atoms with Gasteiger partial charge in [0.25, 0.3) is 0 Å². The lowest BCUT2D eigenvalue weighted by Gasteiger charge is -2.36. The van der Waals surface area contributed by atoms with Crippen LogP contribution in [0.15, 0.2) is 48.5 Å². The molecule has 0 bridgehead atoms. The summed E-state index contributed by atoms with van der Waals surface area (Å²) in [4.78, 5) is 24.3. The summed E-state index contributed by atoms with van der Waals surface area (Å²) in [6.07, 6.45) is 0.411. The largest absolute Gasteiger partial charge is 0.544 e. The number of carbonyl (C=O) groups is 2. The Kier molecular flexibility index (Phi) is 9.70. The Morgan fingerprint density at radius 2 is 0.895 bits per heavy atom. The molecule has 2 unspecified atom stereocenters. The third-order valence-electron chi connectivity index (χ3n) is 8.26. The van der Waals surface area contributed by atoms with E-state index in [0.29, 0.717) is 11.1 Å². The zero-order valence-corrected chi connectivity index (χ0v) is 26.7. The number of rotatable bonds is 11. The molecule has 0 heterocycles. The molecule has 2 rings (SSSR count). The summed E-state index contributed by atoms with van der Waals surface area (Å²) >= 11 is 0. The molecular formula is C30H46O6Si2. The fraction of sp³-hybridized carbons (Fsp3) is 0.533. The summed E-state index contributed by atoms with van der Waals surface area (Å²) in [6, 6.07) is 14.4. The fourth-order valence-electron chi connectivity index (χ4n) is 3.63. The van der Waals surface area contributed by atoms with E-state index in [-0.39, 0.29) is 22.9 Å². The van der Waals surface area contributed by atoms with Crippen LogP contribution in [0.4, 0.5) is 0 Å². The van der Waals surface area contributed by atoms with Gasteiger partial charge in [0.1, 0.15) is 11.5 Å². The molecule has 210 valence electrons. The summed E-state index contributed by atoms with van der Waals surface area (Å²) in [7, 11) is -4.02. The first kappa shape index (κ1) is 31.6. The highest BCUT2D eigenvalue weighted by molar-refractivity contribution is 6.75. The first-order valence-corrected chi connectivity index (χ1v) is 19.1. The van der Waals surface area contributed by atoms with Crippen LogP contribution in [-0.2, 0) is 9.59 Å². The van der Waals surface area contributed by atoms with E-state index in [9.17, 15) is 19.8 Å². The number of carboxylic acid groups (broad SMARTS) is 2. The SMILES string of the molecule is CC(C)(C)[Si](C)(C)Oc1ccc(C(CCC(C(=O)O)c2ccc(O[Si](C)(C)C(C)(C)C)cc2)C(=O)O)cc1. The van der Waals surface area contributed by atoms with Gasteiger partial charge in [-0.05, 0) is 84.5 Å². The highest BCUT2D eigenvalue weighted by Gasteiger charge is 2.40. The second kappa shape index (κ2) is 11.7. The lowest BCUT2D eigenvalue weighted by Crippen LogP contribution is -2.43. The topological polar surface area (TPSA) is 93.1 Å². The van der Waals surface area contributed by atoms with Gasteiger partial charge in [0, 0.05) is 0 Å². The Hall–Kier alpha value is -2.59. The van der Waals surface area contributed by atoms with Crippen LogP contribution >= 0.6 is 0 Å². The van der Waals surface area contributed by atoms with Crippen LogP contribution < -0.4 is 8.85 Å². The fourth-order valence-corrected chi connectivity index (χ4v) is 5.69. The molecule has 2 aromatic rings. The van der Waals surface area contributed by atoms with Crippen molar-refractivity contribution in [2.24, 2.45) is 0 Å². The third-order valence-corrected chi connectivity index (χ3v) is 17.0. The first-order valence-electron chi connectivity index (χ1n) is 13.3. The Morgan fingerprint density at radius 1 is 0.632 bits per heavy atom. The second-order valence-electron chi connectivity index (χ2n) is 13.2. The van der Waals surface area contributed by atoms with Gasteiger partial charge in [-0.15, -0.1) is 0 Å². The van der Waals surface area contributed by atoms with Crippen LogP contribution in [0.5, 0.6) is 11.5 Å². The minimum atomic E-state index is -2.01. The molecule has 0 aliphatic carbocycles. The zero-order valence-electron chi connectivity index (χ0n) is 24.7. The molecule has 0 aliphatic heterocycles. The van der Waals surface area contributed by atoms with E-state index in [1.54, 1.807) is 24.3 Å². The average Bonchev–Trinajstić information content (AvgIpc) is 2.76. The van der Waals surface area contributed by atoms with Crippen molar-refractivity contribution in [1.29, 1.82) is 0 Å². The molecule has 0 aromatic heterocycles. The molecule has 0 fully saturated rings. The Labute approximate surface area is 230 Å². The molecule has 0 saturated heterocycles. The van der Waals surface area contributed by atoms with E-state index in [1.807, 2.05) is 24.3 Å². The summed E-state index contributed by atoms with van der Waals surface area (Å²) in [6.45, 7) is 21.7. The van der Waals surface area contributed by atoms with E-state index < -0.39 is 40.4 Å². The van der Waals surface area contributed by atoms with Crippen LogP contribution in [0.3, 0.4) is 0 Å². The summed E-state index contributed by atoms with van der Waals surface area (Å²) < 4.78 is 12.6. The maximum Gasteiger partial charge on any atom is 0.310 e. The first-order chi connectivity index (χ1) is 17.2. The molecule has 0 aliphatic rings. The lowest BCUT2D eigenvalue weighted by molar-refractivity contribution is -0.141. The van der Waals surface area contributed by atoms with Gasteiger partial charge < -0.3 is 19.1 Å². The predicted molar refractivity (Wildman–Crippen MR) is 159 cm³/mol. The van der Waals surface area contributed by atoms with E-state index in [0.717, 1.165) is 11.5 Å². The maximum absolute atomic E-state index is 12.1. The normalized spacial score (nSPS) is 14.5. The van der Waals surface area contributed by atoms with Crippen molar-refractivity contribution in [1.82, 2.24) is 0 Å². The standard InChI is InChI=1S/C30H46O6Si2/c1-29(2,3)37(7,8)35-23-15-11-21(12-16-23)25(27(31)32)19-20-26(28(33)34)22-13-17-24(18-14-22)36-38(9,10)30(4,5)6/h11-18,25-26H,19-20H2,1-10H3,(H,31,32)(H,33,34). The van der Waals surface area contributed by atoms with Crippen LogP contribution in [0.1, 0.15) is 77.3 Å². The third kappa shape index (κ3) is 7.96. The van der Waals surface area contributed by atoms with Gasteiger partial charge in [-0.25, -0.2) is 0 Å². The molecule has 2 atom stereocenters. The van der Waals surface area contributed by atoms with E-state index in [1.165, 1.54) is 0 Å². The average molecular weight is 559 g/mol. The highest BCUT2D eigenvalue weighted by Crippen LogP contribution is 2.39. The van der Waals surface area contributed by atoms with E-state index in [4.69, 9.17) is 8.85 Å². The van der Waals surface area contributed by atoms with E-state index in [2.05, 4.69) is 67.7 Å². The van der Waals surface area contributed by atoms with Gasteiger partial charge >= 0.3 is 11.9 Å². The number of carboxylic acids is 2. The van der Waals surface area contributed by atoms with Crippen LogP contribution in [0, 0.1) is 0 Å². The Morgan fingerprint density at radius 3 is 1.11 bits per heavy atom. The van der Waals surface area contributed by atoms with Gasteiger partial charge in [0.15, 0.2) is 0 Å². The molecular weight excluding hydrogens is 512 g/mol. The highest BCUT2D eigenvalue weighted by atomic mass is 28.4. The van der Waals surface area contributed by atoms with Crippen molar-refractivity contribution >= 4 is 28.6 Å². The minimum Gasteiger partial charge on any atom is -0.544 e. The van der Waals surface area contributed by atoms with Gasteiger partial charge in [-0.1, -0.05) is 65.8 Å². The zero-order chi connectivity index (χ0) is 29.1. The monoisotopic (exact) mass is 558 g/mol. The number of hydrogen-bond donors (Lipinski definition) is 2. The quantitative estimate of drug-likeness (QED) is 0.270. The molecule has 0 spiro atoms. The van der Waals surface area contributed by atoms with Gasteiger partial charge in [0.05, 0.1) is 11.8 Å². The molecule has 2 N–H and O–H groups in total. The number of aliphatic carboxylic acids is 2. The second-order valence-corrected chi connectivity index (χ2v) is 22.7. The molecule has 0 amide bonds. The van der Waals surface area contributed by atoms with Crippen LogP contribution in [0.2, 0.25) is 36.3 Å². The number of hydrogen-bond acceptors (Lipinski definition) is 4. The molecule has 8 heteroatoms. The van der Waals surface area contributed by atoms with Gasteiger partial charge in [-0.3, -0.25) is 9.59 Å². The Balaban J connectivity index is 2.16. The molecule has 2 aromatic carbocycles. The van der Waals surface area contributed by atoms with E-state index >= 15 is 0 Å². The lowest BCUT2D eigenvalue weighted by atomic mass is 9.87. The predicted octanol–water partition coefficient (Wildman–Crippen LogP) is 8.27. The van der Waals surface area contributed by atoms with Crippen molar-refractivity contribution in [2.75, 3.05) is 0 Å². The van der Waals surface area contributed by atoms with Crippen molar-refractivity contribution in [3.8, 4) is 11.5 Å². The van der Waals surface area contributed by atoms with Crippen molar-refractivity contribution in [2.45, 2.75) is 102 Å². The Bertz CT molecular complexity index is 1000. The summed E-state index contributed by atoms with van der Waals surface area (Å²) in [5, 5.41) is 20.0. The van der Waals surface area contributed by atoms with Gasteiger partial charge in [0.2, 0.25) is 16.6 Å². The number of benzene rings is 2.